The van der Waals surface area contributed by atoms with Gasteiger partial charge >= 0.3 is 0 Å². The number of hydrogen-bond acceptors (Lipinski definition) is 5. The van der Waals surface area contributed by atoms with Crippen molar-refractivity contribution in [1.29, 1.82) is 0 Å². The molecule has 3 aromatic carbocycles. The van der Waals surface area contributed by atoms with Gasteiger partial charge in [0.05, 0.1) is 20.5 Å². The fourth-order valence-corrected chi connectivity index (χ4v) is 4.38. The van der Waals surface area contributed by atoms with Crippen LogP contribution in [0.15, 0.2) is 65.6 Å². The van der Waals surface area contributed by atoms with Gasteiger partial charge in [-0.2, -0.15) is 0 Å². The van der Waals surface area contributed by atoms with Crippen molar-refractivity contribution >= 4 is 43.8 Å². The maximum absolute atomic E-state index is 12.7. The van der Waals surface area contributed by atoms with Gasteiger partial charge < -0.3 is 5.32 Å². The molecule has 0 aliphatic rings. The normalized spacial score (nSPS) is 12.1. The number of rotatable bonds is 8. The monoisotopic (exact) mass is 447 g/mol. The molecule has 0 fully saturated rings. The van der Waals surface area contributed by atoms with Gasteiger partial charge in [0, 0.05) is 25.2 Å². The number of non-ortho nitro benzene ring substituents is 1. The highest BCUT2D eigenvalue weighted by Crippen LogP contribution is 2.28. The number of nitro groups is 1. The summed E-state index contributed by atoms with van der Waals surface area (Å²) in [6.45, 7) is 4.41. The van der Waals surface area contributed by atoms with Crippen molar-refractivity contribution in [3.8, 4) is 0 Å². The summed E-state index contributed by atoms with van der Waals surface area (Å²) in [7, 11) is -3.67. The van der Waals surface area contributed by atoms with Crippen LogP contribution in [0.2, 0.25) is 5.02 Å². The maximum atomic E-state index is 12.7. The van der Waals surface area contributed by atoms with Crippen LogP contribution in [0.3, 0.4) is 0 Å². The van der Waals surface area contributed by atoms with Crippen LogP contribution in [0.25, 0.3) is 10.8 Å². The average molecular weight is 448 g/mol. The summed E-state index contributed by atoms with van der Waals surface area (Å²) >= 11 is 6.10. The second-order valence-electron chi connectivity index (χ2n) is 7.77. The van der Waals surface area contributed by atoms with Crippen LogP contribution in [0.1, 0.15) is 13.8 Å². The Bertz CT molecular complexity index is 1200. The van der Waals surface area contributed by atoms with Crippen molar-refractivity contribution in [2.45, 2.75) is 18.7 Å². The maximum Gasteiger partial charge on any atom is 0.271 e. The van der Waals surface area contributed by atoms with Crippen molar-refractivity contribution in [3.63, 3.8) is 0 Å². The number of anilines is 1. The molecule has 0 aromatic heterocycles. The highest BCUT2D eigenvalue weighted by atomic mass is 35.5. The first-order chi connectivity index (χ1) is 14.1. The summed E-state index contributed by atoms with van der Waals surface area (Å²) in [4.78, 5) is 10.5. The Hall–Kier alpha value is -2.68. The van der Waals surface area contributed by atoms with Crippen molar-refractivity contribution in [2.24, 2.45) is 5.41 Å². The molecule has 0 aliphatic carbocycles. The minimum absolute atomic E-state index is 0.0899. The fraction of sp³-hybridized carbons (Fsp3) is 0.238. The quantitative estimate of drug-likeness (QED) is 0.381. The van der Waals surface area contributed by atoms with Crippen molar-refractivity contribution in [2.75, 3.05) is 18.4 Å². The van der Waals surface area contributed by atoms with E-state index in [2.05, 4.69) is 10.0 Å². The van der Waals surface area contributed by atoms with E-state index in [9.17, 15) is 18.5 Å². The Morgan fingerprint density at radius 3 is 2.37 bits per heavy atom. The molecule has 0 radical (unpaired) electrons. The fourth-order valence-electron chi connectivity index (χ4n) is 2.87. The molecule has 0 heterocycles. The number of sulfonamides is 1. The third-order valence-electron chi connectivity index (χ3n) is 4.69. The van der Waals surface area contributed by atoms with Gasteiger partial charge in [0.15, 0.2) is 0 Å². The van der Waals surface area contributed by atoms with Gasteiger partial charge in [0.1, 0.15) is 0 Å². The van der Waals surface area contributed by atoms with Gasteiger partial charge in [-0.1, -0.05) is 55.8 Å². The van der Waals surface area contributed by atoms with Gasteiger partial charge in [-0.3, -0.25) is 10.1 Å². The van der Waals surface area contributed by atoms with Crippen LogP contribution < -0.4 is 10.0 Å². The van der Waals surface area contributed by atoms with E-state index in [0.717, 1.165) is 10.8 Å². The minimum Gasteiger partial charge on any atom is -0.383 e. The second-order valence-corrected chi connectivity index (χ2v) is 9.95. The smallest absolute Gasteiger partial charge is 0.271 e. The summed E-state index contributed by atoms with van der Waals surface area (Å²) < 4.78 is 28.1. The van der Waals surface area contributed by atoms with Gasteiger partial charge in [0.25, 0.3) is 5.69 Å². The predicted octanol–water partition coefficient (Wildman–Crippen LogP) is 4.82. The highest BCUT2D eigenvalue weighted by Gasteiger charge is 2.23. The summed E-state index contributed by atoms with van der Waals surface area (Å²) in [5.41, 5.74) is 0.00958. The molecule has 158 valence electrons. The first kappa shape index (κ1) is 22.0. The molecule has 0 saturated heterocycles. The van der Waals surface area contributed by atoms with E-state index >= 15 is 0 Å². The third kappa shape index (κ3) is 5.27. The summed E-state index contributed by atoms with van der Waals surface area (Å²) in [6, 6.07) is 16.8. The number of nitro benzene ring substituents is 1. The number of halogens is 1. The van der Waals surface area contributed by atoms with Crippen LogP contribution in [0, 0.1) is 15.5 Å². The zero-order valence-corrected chi connectivity index (χ0v) is 18.1. The standard InChI is InChI=1S/C21H22ClN3O4S/c1-21(2,13-23-20-10-8-17(25(26)27)12-19(20)22)14-24-30(28,29)18-9-7-15-5-3-4-6-16(15)11-18/h3-12,23-24H,13-14H2,1-2H3. The average Bonchev–Trinajstić information content (AvgIpc) is 2.71. The molecule has 0 aliphatic heterocycles. The lowest BCUT2D eigenvalue weighted by Gasteiger charge is -2.26. The van der Waals surface area contributed by atoms with E-state index in [1.54, 1.807) is 18.2 Å². The molecule has 3 aromatic rings. The molecule has 0 bridgehead atoms. The first-order valence-corrected chi connectivity index (χ1v) is 11.1. The topological polar surface area (TPSA) is 101 Å². The van der Waals surface area contributed by atoms with Crippen LogP contribution in [-0.4, -0.2) is 26.4 Å². The summed E-state index contributed by atoms with van der Waals surface area (Å²) in [6.07, 6.45) is 0. The number of hydrogen-bond donors (Lipinski definition) is 2. The molecule has 0 spiro atoms. The Morgan fingerprint density at radius 2 is 1.70 bits per heavy atom. The Labute approximate surface area is 180 Å². The van der Waals surface area contributed by atoms with Crippen LogP contribution in [-0.2, 0) is 10.0 Å². The first-order valence-electron chi connectivity index (χ1n) is 9.24. The van der Waals surface area contributed by atoms with Gasteiger partial charge in [-0.25, -0.2) is 13.1 Å². The number of benzene rings is 3. The SMILES string of the molecule is CC(C)(CNc1ccc([N+](=O)[O-])cc1Cl)CNS(=O)(=O)c1ccc2ccccc2c1. The molecule has 0 unspecified atom stereocenters. The molecule has 2 N–H and O–H groups in total. The Kier molecular flexibility index (Phi) is 6.30. The van der Waals surface area contributed by atoms with Gasteiger partial charge in [0.2, 0.25) is 10.0 Å². The zero-order valence-electron chi connectivity index (χ0n) is 16.6. The number of nitrogens with one attached hydrogen (secondary N) is 2. The molecule has 9 heteroatoms. The number of nitrogens with zero attached hydrogens (tertiary/aromatic N) is 1. The molecule has 7 nitrogen and oxygen atoms in total. The zero-order chi connectivity index (χ0) is 21.9. The third-order valence-corrected chi connectivity index (χ3v) is 6.40. The molecule has 0 saturated carbocycles. The van der Waals surface area contributed by atoms with E-state index in [1.807, 2.05) is 38.1 Å². The van der Waals surface area contributed by atoms with Gasteiger partial charge in [-0.15, -0.1) is 0 Å². The van der Waals surface area contributed by atoms with E-state index in [1.165, 1.54) is 18.2 Å². The van der Waals surface area contributed by atoms with Crippen LogP contribution in [0.4, 0.5) is 11.4 Å². The van der Waals surface area contributed by atoms with Crippen LogP contribution >= 0.6 is 11.6 Å². The van der Waals surface area contributed by atoms with Crippen LogP contribution in [0.5, 0.6) is 0 Å². The molecule has 3 rings (SSSR count). The lowest BCUT2D eigenvalue weighted by molar-refractivity contribution is -0.384. The van der Waals surface area contributed by atoms with Crippen molar-refractivity contribution in [3.05, 3.63) is 75.8 Å². The Balaban J connectivity index is 1.65. The molecular formula is C21H22ClN3O4S. The molecular weight excluding hydrogens is 426 g/mol. The largest absolute Gasteiger partial charge is 0.383 e. The lowest BCUT2D eigenvalue weighted by atomic mass is 9.94. The minimum atomic E-state index is -3.67. The summed E-state index contributed by atoms with van der Waals surface area (Å²) in [5, 5.41) is 16.0. The predicted molar refractivity (Wildman–Crippen MR) is 120 cm³/mol. The van der Waals surface area contributed by atoms with E-state index in [-0.39, 0.29) is 22.2 Å². The second kappa shape index (κ2) is 8.59. The van der Waals surface area contributed by atoms with E-state index in [0.29, 0.717) is 12.2 Å². The molecule has 0 atom stereocenters. The molecule has 0 amide bonds. The Morgan fingerprint density at radius 1 is 1.00 bits per heavy atom. The van der Waals surface area contributed by atoms with Crippen molar-refractivity contribution in [1.82, 2.24) is 4.72 Å². The molecule has 30 heavy (non-hydrogen) atoms. The van der Waals surface area contributed by atoms with E-state index in [4.69, 9.17) is 11.6 Å². The van der Waals surface area contributed by atoms with E-state index < -0.39 is 20.4 Å². The van der Waals surface area contributed by atoms with Gasteiger partial charge in [-0.05, 0) is 34.4 Å². The number of fused-ring (bicyclic) bond motifs is 1. The summed E-state index contributed by atoms with van der Waals surface area (Å²) in [5.74, 6) is 0. The van der Waals surface area contributed by atoms with Crippen molar-refractivity contribution < 1.29 is 13.3 Å². The highest BCUT2D eigenvalue weighted by molar-refractivity contribution is 7.89. The lowest BCUT2D eigenvalue weighted by Crippen LogP contribution is -2.38.